The van der Waals surface area contributed by atoms with Gasteiger partial charge in [-0.05, 0) is 49.2 Å². The van der Waals surface area contributed by atoms with Crippen LogP contribution < -0.4 is 4.74 Å². The lowest BCUT2D eigenvalue weighted by Crippen LogP contribution is -2.10. The summed E-state index contributed by atoms with van der Waals surface area (Å²) in [7, 11) is 0. The SMILES string of the molecule is O=C(c1ccc(OC(=O)C2CC2)cc1)c1cccc(Cl)c1. The highest BCUT2D eigenvalue weighted by Gasteiger charge is 2.31. The summed E-state index contributed by atoms with van der Waals surface area (Å²) in [6, 6.07) is 13.4. The molecular weight excluding hydrogens is 288 g/mol. The molecule has 2 aromatic carbocycles. The third-order valence-corrected chi connectivity index (χ3v) is 3.57. The predicted molar refractivity (Wildman–Crippen MR) is 79.7 cm³/mol. The number of hydrogen-bond donors (Lipinski definition) is 0. The van der Waals surface area contributed by atoms with E-state index in [4.69, 9.17) is 16.3 Å². The number of benzene rings is 2. The van der Waals surface area contributed by atoms with E-state index in [2.05, 4.69) is 0 Å². The molecule has 1 saturated carbocycles. The largest absolute Gasteiger partial charge is 0.426 e. The van der Waals surface area contributed by atoms with E-state index in [-0.39, 0.29) is 17.7 Å². The van der Waals surface area contributed by atoms with Crippen molar-refractivity contribution >= 4 is 23.4 Å². The number of halogens is 1. The Hall–Kier alpha value is -2.13. The molecule has 1 aliphatic carbocycles. The Morgan fingerprint density at radius 2 is 1.71 bits per heavy atom. The highest BCUT2D eigenvalue weighted by atomic mass is 35.5. The lowest BCUT2D eigenvalue weighted by Gasteiger charge is -2.05. The number of esters is 1. The van der Waals surface area contributed by atoms with Crippen molar-refractivity contribution in [2.45, 2.75) is 12.8 Å². The third kappa shape index (κ3) is 3.31. The van der Waals surface area contributed by atoms with Crippen LogP contribution >= 0.6 is 11.6 Å². The Morgan fingerprint density at radius 1 is 1.00 bits per heavy atom. The Bertz CT molecular complexity index is 687. The van der Waals surface area contributed by atoms with Crippen molar-refractivity contribution in [3.63, 3.8) is 0 Å². The van der Waals surface area contributed by atoms with Gasteiger partial charge in [-0.1, -0.05) is 23.7 Å². The van der Waals surface area contributed by atoms with Gasteiger partial charge in [-0.25, -0.2) is 0 Å². The summed E-state index contributed by atoms with van der Waals surface area (Å²) in [6.07, 6.45) is 1.81. The van der Waals surface area contributed by atoms with Crippen LogP contribution in [0.5, 0.6) is 5.75 Å². The zero-order valence-electron chi connectivity index (χ0n) is 11.2. The molecule has 4 heteroatoms. The predicted octanol–water partition coefficient (Wildman–Crippen LogP) is 3.89. The summed E-state index contributed by atoms with van der Waals surface area (Å²) < 4.78 is 5.23. The van der Waals surface area contributed by atoms with Gasteiger partial charge in [0, 0.05) is 16.1 Å². The molecular formula is C17H13ClO3. The Labute approximate surface area is 127 Å². The summed E-state index contributed by atoms with van der Waals surface area (Å²) in [5, 5.41) is 0.524. The minimum atomic E-state index is -0.191. The van der Waals surface area contributed by atoms with Crippen LogP contribution in [0.1, 0.15) is 28.8 Å². The maximum atomic E-state index is 12.3. The van der Waals surface area contributed by atoms with Crippen LogP contribution in [-0.4, -0.2) is 11.8 Å². The maximum absolute atomic E-state index is 12.3. The van der Waals surface area contributed by atoms with Crippen LogP contribution in [0.15, 0.2) is 48.5 Å². The standard InChI is InChI=1S/C17H13ClO3/c18-14-3-1-2-13(10-14)16(19)11-6-8-15(9-7-11)21-17(20)12-4-5-12/h1-3,6-10,12H,4-5H2. The van der Waals surface area contributed by atoms with Gasteiger partial charge in [0.2, 0.25) is 0 Å². The lowest BCUT2D eigenvalue weighted by molar-refractivity contribution is -0.135. The average molecular weight is 301 g/mol. The van der Waals surface area contributed by atoms with Crippen LogP contribution in [0.2, 0.25) is 5.02 Å². The molecule has 0 aromatic heterocycles. The highest BCUT2D eigenvalue weighted by Crippen LogP contribution is 2.30. The molecule has 0 spiro atoms. The Morgan fingerprint density at radius 3 is 2.33 bits per heavy atom. The zero-order chi connectivity index (χ0) is 14.8. The van der Waals surface area contributed by atoms with E-state index in [1.807, 2.05) is 0 Å². The molecule has 1 aliphatic rings. The van der Waals surface area contributed by atoms with Gasteiger partial charge in [0.05, 0.1) is 5.92 Å². The molecule has 1 fully saturated rings. The van der Waals surface area contributed by atoms with E-state index in [0.29, 0.717) is 21.9 Å². The van der Waals surface area contributed by atoms with Gasteiger partial charge in [-0.3, -0.25) is 9.59 Å². The molecule has 3 nitrogen and oxygen atoms in total. The van der Waals surface area contributed by atoms with Crippen molar-refractivity contribution in [3.8, 4) is 5.75 Å². The topological polar surface area (TPSA) is 43.4 Å². The number of ketones is 1. The zero-order valence-corrected chi connectivity index (χ0v) is 12.0. The first-order valence-electron chi connectivity index (χ1n) is 6.75. The summed E-state index contributed by atoms with van der Waals surface area (Å²) in [4.78, 5) is 23.8. The first-order valence-corrected chi connectivity index (χ1v) is 7.13. The summed E-state index contributed by atoms with van der Waals surface area (Å²) in [6.45, 7) is 0. The first kappa shape index (κ1) is 13.8. The van der Waals surface area contributed by atoms with Crippen molar-refractivity contribution < 1.29 is 14.3 Å². The highest BCUT2D eigenvalue weighted by molar-refractivity contribution is 6.31. The normalized spacial score (nSPS) is 13.8. The van der Waals surface area contributed by atoms with Gasteiger partial charge >= 0.3 is 5.97 Å². The molecule has 106 valence electrons. The van der Waals surface area contributed by atoms with E-state index in [9.17, 15) is 9.59 Å². The van der Waals surface area contributed by atoms with E-state index < -0.39 is 0 Å². The van der Waals surface area contributed by atoms with Crippen molar-refractivity contribution in [2.24, 2.45) is 5.92 Å². The van der Waals surface area contributed by atoms with E-state index in [1.165, 1.54) is 0 Å². The monoisotopic (exact) mass is 300 g/mol. The molecule has 2 aromatic rings. The summed E-state index contributed by atoms with van der Waals surface area (Å²) in [5.41, 5.74) is 1.06. The quantitative estimate of drug-likeness (QED) is 0.489. The number of hydrogen-bond acceptors (Lipinski definition) is 3. The second-order valence-corrected chi connectivity index (χ2v) is 5.50. The van der Waals surface area contributed by atoms with Crippen molar-refractivity contribution in [3.05, 3.63) is 64.7 Å². The van der Waals surface area contributed by atoms with Gasteiger partial charge in [-0.2, -0.15) is 0 Å². The number of rotatable bonds is 4. The average Bonchev–Trinajstić information content (AvgIpc) is 3.32. The minimum Gasteiger partial charge on any atom is -0.426 e. The van der Waals surface area contributed by atoms with Crippen LogP contribution in [0.3, 0.4) is 0 Å². The van der Waals surface area contributed by atoms with E-state index >= 15 is 0 Å². The number of carbonyl (C=O) groups is 2. The van der Waals surface area contributed by atoms with Crippen molar-refractivity contribution in [1.82, 2.24) is 0 Å². The van der Waals surface area contributed by atoms with Gasteiger partial charge in [0.1, 0.15) is 5.75 Å². The van der Waals surface area contributed by atoms with Gasteiger partial charge in [-0.15, -0.1) is 0 Å². The molecule has 0 amide bonds. The molecule has 0 unspecified atom stereocenters. The van der Waals surface area contributed by atoms with Gasteiger partial charge < -0.3 is 4.74 Å². The van der Waals surface area contributed by atoms with Crippen LogP contribution in [0.4, 0.5) is 0 Å². The third-order valence-electron chi connectivity index (χ3n) is 3.33. The lowest BCUT2D eigenvalue weighted by atomic mass is 10.0. The number of ether oxygens (including phenoxy) is 1. The van der Waals surface area contributed by atoms with Gasteiger partial charge in [0.15, 0.2) is 5.78 Å². The maximum Gasteiger partial charge on any atom is 0.314 e. The molecule has 0 bridgehead atoms. The molecule has 0 radical (unpaired) electrons. The van der Waals surface area contributed by atoms with Crippen LogP contribution in [0.25, 0.3) is 0 Å². The number of carbonyl (C=O) groups excluding carboxylic acids is 2. The molecule has 21 heavy (non-hydrogen) atoms. The fraction of sp³-hybridized carbons (Fsp3) is 0.176. The van der Waals surface area contributed by atoms with Crippen molar-refractivity contribution in [2.75, 3.05) is 0 Å². The second kappa shape index (κ2) is 5.70. The fourth-order valence-corrected chi connectivity index (χ4v) is 2.18. The second-order valence-electron chi connectivity index (χ2n) is 5.06. The molecule has 0 aliphatic heterocycles. The van der Waals surface area contributed by atoms with Crippen molar-refractivity contribution in [1.29, 1.82) is 0 Å². The first-order chi connectivity index (χ1) is 10.1. The molecule has 0 heterocycles. The Balaban J connectivity index is 1.74. The minimum absolute atomic E-state index is 0.0535. The molecule has 3 rings (SSSR count). The van der Waals surface area contributed by atoms with Crippen LogP contribution in [-0.2, 0) is 4.79 Å². The molecule has 0 atom stereocenters. The fourth-order valence-electron chi connectivity index (χ4n) is 1.99. The molecule has 0 N–H and O–H groups in total. The van der Waals surface area contributed by atoms with E-state index in [1.54, 1.807) is 48.5 Å². The van der Waals surface area contributed by atoms with Gasteiger partial charge in [0.25, 0.3) is 0 Å². The summed E-state index contributed by atoms with van der Waals surface area (Å²) in [5.74, 6) is 0.216. The van der Waals surface area contributed by atoms with Crippen LogP contribution in [0, 0.1) is 5.92 Å². The summed E-state index contributed by atoms with van der Waals surface area (Å²) >= 11 is 5.88. The Kier molecular flexibility index (Phi) is 3.76. The molecule has 0 saturated heterocycles. The van der Waals surface area contributed by atoms with E-state index in [0.717, 1.165) is 12.8 Å². The smallest absolute Gasteiger partial charge is 0.314 e.